The van der Waals surface area contributed by atoms with Crippen LogP contribution in [-0.2, 0) is 85.6 Å². The van der Waals surface area contributed by atoms with Crippen LogP contribution in [0.1, 0.15) is 93.5 Å². The topological polar surface area (TPSA) is 325 Å². The quantitative estimate of drug-likeness (QED) is 0.0379. The Hall–Kier alpha value is -12.0. The lowest BCUT2D eigenvalue weighted by Crippen LogP contribution is -2.18. The number of hydrogen-bond acceptors (Lipinski definition) is 31. The number of ether oxygens (including phenoxy) is 13. The van der Waals surface area contributed by atoms with Crippen LogP contribution in [-0.4, -0.2) is 155 Å². The Balaban J connectivity index is 0.000000137. The van der Waals surface area contributed by atoms with Crippen LogP contribution in [0.25, 0.3) is 33.4 Å². The predicted molar refractivity (Wildman–Crippen MR) is 523 cm³/mol. The van der Waals surface area contributed by atoms with Crippen LogP contribution in [0.2, 0.25) is 20.1 Å². The van der Waals surface area contributed by atoms with Gasteiger partial charge in [0.25, 0.3) is 0 Å². The van der Waals surface area contributed by atoms with Crippen LogP contribution < -0.4 is 4.74 Å². The molecule has 690 valence electrons. The predicted octanol–water partition coefficient (Wildman–Crippen LogP) is 22.4. The first kappa shape index (κ1) is 100. The van der Waals surface area contributed by atoms with Crippen molar-refractivity contribution in [2.24, 2.45) is 0 Å². The van der Waals surface area contributed by atoms with Crippen LogP contribution in [0.5, 0.6) is 5.75 Å². The standard InChI is InChI=1S/C17H13BrO5S.2C16H11BrO4S.C16H10Cl2O4S.2C16H11ClO4S/c1-21-14-5-4-10(7-13(14)18)12-8-11(23-16(12)19)9-22-17(20)15-3-2-6-24-15;17-11-4-1-3-10(7-11)13-8-12(21-15(13)18)9-20-16(19)14-5-2-6-22-14;17-12-3-1-2-10(6-12)14-7-13(21-16(14)19)8-20-15(18)11-4-5-22-9-11;17-13-2-1-9(5-14(13)18)12-6-11(22-16(12)20)7-21-15(19)10-3-4-23-8-10;17-11-4-1-3-10(7-11)13-8-12(21-15(13)18)9-20-16(19)14-5-2-6-22-14;17-12-3-1-2-10(6-12)14-7-13(21-16(14)19)8-20-15(18)11-4-5-22-9-11/h2-8,11H,9H2,1H3;1-8,12H,9H2;1-7,9,13H,8H2;1-6,8,11H,7H2;1-8,12H,9H2;1-7,9,13H,8H2. The molecule has 38 heteroatoms. The number of hydrogen-bond donors (Lipinski definition) is 0. The van der Waals surface area contributed by atoms with Crippen LogP contribution in [0.3, 0.4) is 0 Å². The normalized spacial score (nSPS) is 16.9. The number of thiophene rings is 6. The van der Waals surface area contributed by atoms with Crippen molar-refractivity contribution in [3.05, 3.63) is 371 Å². The Bertz CT molecular complexity index is 6040. The van der Waals surface area contributed by atoms with Crippen molar-refractivity contribution in [2.75, 3.05) is 46.8 Å². The Morgan fingerprint density at radius 3 is 0.844 bits per heavy atom. The zero-order chi connectivity index (χ0) is 95.6. The van der Waals surface area contributed by atoms with Crippen molar-refractivity contribution < 1.29 is 119 Å². The van der Waals surface area contributed by atoms with E-state index in [2.05, 4.69) is 47.8 Å². The molecule has 12 aromatic rings. The number of benzene rings is 6. The lowest BCUT2D eigenvalue weighted by atomic mass is 10.1. The molecule has 6 aliphatic rings. The minimum atomic E-state index is -0.616. The van der Waals surface area contributed by atoms with Gasteiger partial charge in [0.15, 0.2) is 36.6 Å². The van der Waals surface area contributed by atoms with Crippen LogP contribution in [0.15, 0.2) is 286 Å². The van der Waals surface area contributed by atoms with E-state index in [0.29, 0.717) is 113 Å². The monoisotopic (exact) mass is 2200 g/mol. The first-order valence-corrected chi connectivity index (χ1v) is 49.1. The summed E-state index contributed by atoms with van der Waals surface area (Å²) in [5, 5.41) is 17.7. The molecule has 0 fully saturated rings. The van der Waals surface area contributed by atoms with Crippen molar-refractivity contribution in [1.82, 2.24) is 0 Å². The summed E-state index contributed by atoms with van der Waals surface area (Å²) in [6, 6.07) is 54.3. The Morgan fingerprint density at radius 2 is 0.585 bits per heavy atom. The van der Waals surface area contributed by atoms with Gasteiger partial charge in [-0.2, -0.15) is 34.0 Å². The Kier molecular flexibility index (Phi) is 36.4. The van der Waals surface area contributed by atoms with E-state index < -0.39 is 108 Å². The van der Waals surface area contributed by atoms with Gasteiger partial charge in [0.2, 0.25) is 0 Å². The number of methoxy groups -OCH3 is 1. The van der Waals surface area contributed by atoms with Crippen molar-refractivity contribution in [1.29, 1.82) is 0 Å². The van der Waals surface area contributed by atoms with Gasteiger partial charge in [-0.05, 0) is 227 Å². The highest BCUT2D eigenvalue weighted by atomic mass is 79.9. The third-order valence-corrected chi connectivity index (χ3v) is 26.3. The summed E-state index contributed by atoms with van der Waals surface area (Å²) in [6.07, 6.45) is 6.48. The summed E-state index contributed by atoms with van der Waals surface area (Å²) < 4.78 is 69.9. The van der Waals surface area contributed by atoms with E-state index in [4.69, 9.17) is 108 Å². The minimum absolute atomic E-state index is 0.00740. The third-order valence-electron chi connectivity index (χ3n) is 18.9. The van der Waals surface area contributed by atoms with E-state index in [1.807, 2.05) is 48.5 Å². The van der Waals surface area contributed by atoms with Gasteiger partial charge >= 0.3 is 71.6 Å². The molecule has 6 unspecified atom stereocenters. The SMILES string of the molecule is COc1ccc(C2=CC(COC(=O)c3cccs3)OC2=O)cc1Br.O=C1OC(COC(=O)c2cccs2)C=C1c1cccc(Br)c1.O=C1OC(COC(=O)c2cccs2)C=C1c1cccc(Cl)c1.O=C1OC(COC(=O)c2ccsc2)C=C1c1ccc(Cl)c(Cl)c1.O=C1OC(COC(=O)c2ccsc2)C=C1c1cccc(Br)c1.O=C1OC(COC(=O)c2ccsc2)C=C1c1cccc(Cl)c1. The van der Waals surface area contributed by atoms with E-state index in [9.17, 15) is 57.5 Å². The maximum absolute atomic E-state index is 12.0. The molecule has 6 aliphatic heterocycles. The second kappa shape index (κ2) is 49.0. The molecular formula is C97H67Br3Cl4O25S6. The maximum Gasteiger partial charge on any atom is 0.348 e. The Morgan fingerprint density at radius 1 is 0.304 bits per heavy atom. The van der Waals surface area contributed by atoms with Gasteiger partial charge in [0, 0.05) is 35.1 Å². The fourth-order valence-electron chi connectivity index (χ4n) is 12.6. The molecule has 0 radical (unpaired) electrons. The van der Waals surface area contributed by atoms with Crippen molar-refractivity contribution in [3.63, 3.8) is 0 Å². The molecular weight excluding hydrogens is 2140 g/mol. The molecule has 0 spiro atoms. The number of esters is 12. The summed E-state index contributed by atoms with van der Waals surface area (Å²) in [6.45, 7) is -0.0382. The molecule has 6 aromatic carbocycles. The number of rotatable bonds is 25. The van der Waals surface area contributed by atoms with E-state index in [0.717, 1.165) is 24.5 Å². The second-order valence-electron chi connectivity index (χ2n) is 28.2. The van der Waals surface area contributed by atoms with Crippen molar-refractivity contribution in [2.45, 2.75) is 36.6 Å². The average molecular weight is 2210 g/mol. The molecule has 6 atom stereocenters. The summed E-state index contributed by atoms with van der Waals surface area (Å²) in [4.78, 5) is 144. The highest BCUT2D eigenvalue weighted by Crippen LogP contribution is 2.36. The number of cyclic esters (lactones) is 6. The third kappa shape index (κ3) is 28.6. The van der Waals surface area contributed by atoms with Gasteiger partial charge in [-0.25, -0.2) is 57.5 Å². The molecule has 18 rings (SSSR count). The minimum Gasteiger partial charge on any atom is -0.496 e. The summed E-state index contributed by atoms with van der Waals surface area (Å²) >= 11 is 41.9. The average Bonchev–Trinajstić information content (AvgIpc) is 1.72. The molecule has 0 amide bonds. The molecule has 0 bridgehead atoms. The molecule has 0 saturated carbocycles. The van der Waals surface area contributed by atoms with E-state index in [1.54, 1.807) is 232 Å². The second-order valence-corrected chi connectivity index (χ2v) is 37.8. The molecule has 12 heterocycles. The summed E-state index contributed by atoms with van der Waals surface area (Å²) in [7, 11) is 1.57. The fraction of sp³-hybridized carbons (Fsp3) is 0.134. The van der Waals surface area contributed by atoms with Gasteiger partial charge in [-0.15, -0.1) is 34.0 Å². The van der Waals surface area contributed by atoms with E-state index in [1.165, 1.54) is 68.0 Å². The Labute approximate surface area is 838 Å². The van der Waals surface area contributed by atoms with Crippen molar-refractivity contribution in [3.8, 4) is 5.75 Å². The van der Waals surface area contributed by atoms with Crippen LogP contribution >= 0.6 is 162 Å². The molecule has 135 heavy (non-hydrogen) atoms. The van der Waals surface area contributed by atoms with E-state index >= 15 is 0 Å². The largest absolute Gasteiger partial charge is 0.496 e. The van der Waals surface area contributed by atoms with Crippen LogP contribution in [0, 0.1) is 0 Å². The molecule has 0 saturated heterocycles. The van der Waals surface area contributed by atoms with Crippen molar-refractivity contribution >= 4 is 267 Å². The maximum atomic E-state index is 12.0. The molecule has 25 nitrogen and oxygen atoms in total. The van der Waals surface area contributed by atoms with Gasteiger partial charge < -0.3 is 61.6 Å². The summed E-state index contributed by atoms with van der Waals surface area (Å²) in [5.41, 5.74) is 8.35. The molecule has 6 aromatic heterocycles. The number of carbonyl (C=O) groups excluding carboxylic acids is 12. The highest BCUT2D eigenvalue weighted by molar-refractivity contribution is 9.11. The molecule has 0 N–H and O–H groups in total. The lowest BCUT2D eigenvalue weighted by molar-refractivity contribution is -0.140. The van der Waals surface area contributed by atoms with Gasteiger partial charge in [0.1, 0.15) is 60.0 Å². The first-order valence-electron chi connectivity index (χ1n) is 39.8. The zero-order valence-corrected chi connectivity index (χ0v) is 82.2. The molecule has 0 aliphatic carbocycles. The lowest BCUT2D eigenvalue weighted by Gasteiger charge is -2.08. The number of carbonyl (C=O) groups is 12. The fourth-order valence-corrected chi connectivity index (χ4v) is 18.3. The van der Waals surface area contributed by atoms with Gasteiger partial charge in [-0.1, -0.05) is 157 Å². The number of halogens is 7. The zero-order valence-electron chi connectivity index (χ0n) is 69.6. The summed E-state index contributed by atoms with van der Waals surface area (Å²) in [5.74, 6) is -4.50. The van der Waals surface area contributed by atoms with E-state index in [-0.39, 0.29) is 39.6 Å². The van der Waals surface area contributed by atoms with Gasteiger partial charge in [-0.3, -0.25) is 0 Å². The first-order chi connectivity index (χ1) is 65.1. The van der Waals surface area contributed by atoms with Crippen LogP contribution in [0.4, 0.5) is 0 Å². The van der Waals surface area contributed by atoms with Gasteiger partial charge in [0.05, 0.1) is 71.8 Å². The highest BCUT2D eigenvalue weighted by Gasteiger charge is 2.35. The smallest absolute Gasteiger partial charge is 0.348 e.